The van der Waals surface area contributed by atoms with Gasteiger partial charge < -0.3 is 10.4 Å². The molecule has 1 aliphatic rings. The summed E-state index contributed by atoms with van der Waals surface area (Å²) in [6.07, 6.45) is 5.28. The summed E-state index contributed by atoms with van der Waals surface area (Å²) in [5.41, 5.74) is 0. The van der Waals surface area contributed by atoms with E-state index in [2.05, 4.69) is 5.32 Å². The predicted octanol–water partition coefficient (Wildman–Crippen LogP) is 0.531. The molecule has 0 spiro atoms. The maximum atomic E-state index is 10.0. The lowest BCUT2D eigenvalue weighted by Gasteiger charge is -2.26. The van der Waals surface area contributed by atoms with E-state index < -0.39 is 0 Å². The number of carbonyl (C=O) groups is 1. The SMILES string of the molecule is O=CNCC1CCC(CO)CC1. The van der Waals surface area contributed by atoms with Crippen molar-refractivity contribution >= 4 is 6.41 Å². The fraction of sp³-hybridized carbons (Fsp3) is 0.889. The number of nitrogens with one attached hydrogen (secondary N) is 1. The van der Waals surface area contributed by atoms with Gasteiger partial charge in [0.1, 0.15) is 0 Å². The summed E-state index contributed by atoms with van der Waals surface area (Å²) in [5.74, 6) is 1.15. The first kappa shape index (κ1) is 9.52. The molecule has 0 unspecified atom stereocenters. The van der Waals surface area contributed by atoms with Gasteiger partial charge in [-0.05, 0) is 37.5 Å². The van der Waals surface area contributed by atoms with Gasteiger partial charge in [-0.15, -0.1) is 0 Å². The quantitative estimate of drug-likeness (QED) is 0.606. The molecule has 1 aliphatic carbocycles. The smallest absolute Gasteiger partial charge is 0.207 e. The van der Waals surface area contributed by atoms with Crippen molar-refractivity contribution in [3.8, 4) is 0 Å². The first-order chi connectivity index (χ1) is 5.86. The fourth-order valence-electron chi connectivity index (χ4n) is 1.83. The summed E-state index contributed by atoms with van der Waals surface area (Å²) in [7, 11) is 0. The highest BCUT2D eigenvalue weighted by atomic mass is 16.3. The molecule has 0 bridgehead atoms. The second-order valence-corrected chi connectivity index (χ2v) is 3.60. The number of hydrogen-bond donors (Lipinski definition) is 2. The Bertz CT molecular complexity index is 130. The van der Waals surface area contributed by atoms with Crippen molar-refractivity contribution in [2.24, 2.45) is 11.8 Å². The van der Waals surface area contributed by atoms with Gasteiger partial charge in [0, 0.05) is 13.2 Å². The van der Waals surface area contributed by atoms with Crippen LogP contribution in [0.4, 0.5) is 0 Å². The van der Waals surface area contributed by atoms with Crippen LogP contribution in [-0.2, 0) is 4.79 Å². The summed E-state index contributed by atoms with van der Waals surface area (Å²) in [6.45, 7) is 1.13. The van der Waals surface area contributed by atoms with Crippen molar-refractivity contribution in [2.75, 3.05) is 13.2 Å². The second kappa shape index (κ2) is 5.14. The summed E-state index contributed by atoms with van der Waals surface area (Å²) in [4.78, 5) is 10.0. The van der Waals surface area contributed by atoms with Crippen molar-refractivity contribution in [1.82, 2.24) is 5.32 Å². The van der Waals surface area contributed by atoms with E-state index in [-0.39, 0.29) is 0 Å². The molecular weight excluding hydrogens is 154 g/mol. The Morgan fingerprint density at radius 1 is 1.25 bits per heavy atom. The highest BCUT2D eigenvalue weighted by Crippen LogP contribution is 2.27. The molecule has 3 heteroatoms. The van der Waals surface area contributed by atoms with E-state index in [0.29, 0.717) is 18.4 Å². The van der Waals surface area contributed by atoms with Crippen LogP contribution in [0.15, 0.2) is 0 Å². The predicted molar refractivity (Wildman–Crippen MR) is 46.6 cm³/mol. The third kappa shape index (κ3) is 2.81. The molecule has 12 heavy (non-hydrogen) atoms. The van der Waals surface area contributed by atoms with Gasteiger partial charge in [-0.3, -0.25) is 4.79 Å². The minimum atomic E-state index is 0.327. The summed E-state index contributed by atoms with van der Waals surface area (Å²) >= 11 is 0. The van der Waals surface area contributed by atoms with Crippen molar-refractivity contribution in [2.45, 2.75) is 25.7 Å². The summed E-state index contributed by atoms with van der Waals surface area (Å²) < 4.78 is 0. The number of amides is 1. The van der Waals surface area contributed by atoms with Crippen LogP contribution in [0, 0.1) is 11.8 Å². The zero-order valence-electron chi connectivity index (χ0n) is 7.33. The number of hydrogen-bond acceptors (Lipinski definition) is 2. The molecule has 1 saturated carbocycles. The molecule has 1 rings (SSSR count). The zero-order valence-corrected chi connectivity index (χ0v) is 7.33. The summed E-state index contributed by atoms with van der Waals surface area (Å²) in [5, 5.41) is 11.6. The average Bonchev–Trinajstić information content (AvgIpc) is 2.15. The van der Waals surface area contributed by atoms with E-state index in [9.17, 15) is 4.79 Å². The Balaban J connectivity index is 2.12. The molecule has 3 nitrogen and oxygen atoms in total. The van der Waals surface area contributed by atoms with E-state index in [0.717, 1.165) is 38.6 Å². The molecule has 0 radical (unpaired) electrons. The largest absolute Gasteiger partial charge is 0.396 e. The van der Waals surface area contributed by atoms with Crippen LogP contribution in [0.25, 0.3) is 0 Å². The molecule has 1 fully saturated rings. The molecular formula is C9H17NO2. The Morgan fingerprint density at radius 3 is 2.33 bits per heavy atom. The van der Waals surface area contributed by atoms with Crippen molar-refractivity contribution in [3.05, 3.63) is 0 Å². The minimum Gasteiger partial charge on any atom is -0.396 e. The van der Waals surface area contributed by atoms with Crippen LogP contribution in [0.1, 0.15) is 25.7 Å². The lowest BCUT2D eigenvalue weighted by atomic mass is 9.82. The minimum absolute atomic E-state index is 0.327. The van der Waals surface area contributed by atoms with E-state index >= 15 is 0 Å². The highest BCUT2D eigenvalue weighted by Gasteiger charge is 2.19. The van der Waals surface area contributed by atoms with E-state index in [4.69, 9.17) is 5.11 Å². The fourth-order valence-corrected chi connectivity index (χ4v) is 1.83. The molecule has 0 atom stereocenters. The highest BCUT2D eigenvalue weighted by molar-refractivity contribution is 5.45. The van der Waals surface area contributed by atoms with Crippen molar-refractivity contribution in [1.29, 1.82) is 0 Å². The maximum Gasteiger partial charge on any atom is 0.207 e. The van der Waals surface area contributed by atoms with Gasteiger partial charge in [0.25, 0.3) is 0 Å². The Hall–Kier alpha value is -0.570. The van der Waals surface area contributed by atoms with E-state index in [1.807, 2.05) is 0 Å². The molecule has 0 aromatic rings. The average molecular weight is 171 g/mol. The lowest BCUT2D eigenvalue weighted by Crippen LogP contribution is -2.26. The van der Waals surface area contributed by atoms with E-state index in [1.165, 1.54) is 0 Å². The molecule has 0 aliphatic heterocycles. The first-order valence-electron chi connectivity index (χ1n) is 4.64. The Labute approximate surface area is 73.2 Å². The van der Waals surface area contributed by atoms with Crippen LogP contribution < -0.4 is 5.32 Å². The first-order valence-corrected chi connectivity index (χ1v) is 4.64. The monoisotopic (exact) mass is 171 g/mol. The molecule has 0 saturated heterocycles. The number of aliphatic hydroxyl groups is 1. The zero-order chi connectivity index (χ0) is 8.81. The van der Waals surface area contributed by atoms with Gasteiger partial charge in [0.05, 0.1) is 0 Å². The van der Waals surface area contributed by atoms with Crippen LogP contribution >= 0.6 is 0 Å². The molecule has 70 valence electrons. The molecule has 0 aromatic heterocycles. The molecule has 0 heterocycles. The van der Waals surface area contributed by atoms with Gasteiger partial charge in [-0.2, -0.15) is 0 Å². The molecule has 2 N–H and O–H groups in total. The van der Waals surface area contributed by atoms with Gasteiger partial charge >= 0.3 is 0 Å². The van der Waals surface area contributed by atoms with Crippen molar-refractivity contribution < 1.29 is 9.90 Å². The topological polar surface area (TPSA) is 49.3 Å². The van der Waals surface area contributed by atoms with Gasteiger partial charge in [0.2, 0.25) is 6.41 Å². The Kier molecular flexibility index (Phi) is 4.08. The van der Waals surface area contributed by atoms with Crippen LogP contribution in [-0.4, -0.2) is 24.7 Å². The second-order valence-electron chi connectivity index (χ2n) is 3.60. The van der Waals surface area contributed by atoms with Gasteiger partial charge in [-0.1, -0.05) is 0 Å². The Morgan fingerprint density at radius 2 is 1.83 bits per heavy atom. The van der Waals surface area contributed by atoms with Crippen LogP contribution in [0.2, 0.25) is 0 Å². The van der Waals surface area contributed by atoms with E-state index in [1.54, 1.807) is 0 Å². The van der Waals surface area contributed by atoms with Gasteiger partial charge in [-0.25, -0.2) is 0 Å². The van der Waals surface area contributed by atoms with Crippen LogP contribution in [0.3, 0.4) is 0 Å². The summed E-state index contributed by atoms with van der Waals surface area (Å²) in [6, 6.07) is 0. The number of carbonyl (C=O) groups excluding carboxylic acids is 1. The lowest BCUT2D eigenvalue weighted by molar-refractivity contribution is -0.109. The number of rotatable bonds is 4. The molecule has 0 aromatic carbocycles. The number of aliphatic hydroxyl groups excluding tert-OH is 1. The maximum absolute atomic E-state index is 10.0. The van der Waals surface area contributed by atoms with Gasteiger partial charge in [0.15, 0.2) is 0 Å². The normalized spacial score (nSPS) is 29.8. The molecule has 1 amide bonds. The third-order valence-electron chi connectivity index (χ3n) is 2.71. The van der Waals surface area contributed by atoms with Crippen LogP contribution in [0.5, 0.6) is 0 Å². The third-order valence-corrected chi connectivity index (χ3v) is 2.71. The van der Waals surface area contributed by atoms with Crippen molar-refractivity contribution in [3.63, 3.8) is 0 Å². The standard InChI is InChI=1S/C9H17NO2/c11-6-9-3-1-8(2-4-9)5-10-7-12/h7-9,11H,1-6H2,(H,10,12).